The van der Waals surface area contributed by atoms with Crippen LogP contribution >= 0.6 is 0 Å². The summed E-state index contributed by atoms with van der Waals surface area (Å²) in [6.45, 7) is 6.58. The van der Waals surface area contributed by atoms with E-state index in [1.807, 2.05) is 24.3 Å². The molecule has 0 aliphatic carbocycles. The van der Waals surface area contributed by atoms with Crippen molar-refractivity contribution in [3.05, 3.63) is 54.1 Å². The van der Waals surface area contributed by atoms with E-state index in [0.717, 1.165) is 16.8 Å². The average Bonchev–Trinajstić information content (AvgIpc) is 2.55. The lowest BCUT2D eigenvalue weighted by molar-refractivity contribution is 0.590. The van der Waals surface area contributed by atoms with Crippen LogP contribution in [0.4, 0.5) is 5.69 Å². The summed E-state index contributed by atoms with van der Waals surface area (Å²) in [5.41, 5.74) is 12.2. The van der Waals surface area contributed by atoms with Gasteiger partial charge in [-0.1, -0.05) is 57.2 Å². The van der Waals surface area contributed by atoms with E-state index in [2.05, 4.69) is 55.6 Å². The van der Waals surface area contributed by atoms with Gasteiger partial charge in [0.25, 0.3) is 0 Å². The van der Waals surface area contributed by atoms with Crippen LogP contribution in [0.5, 0.6) is 0 Å². The van der Waals surface area contributed by atoms with E-state index in [9.17, 15) is 0 Å². The van der Waals surface area contributed by atoms with Crippen molar-refractivity contribution >= 4 is 17.2 Å². The first-order valence-electron chi connectivity index (χ1n) is 7.60. The first-order valence-corrected chi connectivity index (χ1v) is 7.60. The Hall–Kier alpha value is -3.13. The van der Waals surface area contributed by atoms with Crippen molar-refractivity contribution in [1.82, 2.24) is 0 Å². The second-order valence-electron chi connectivity index (χ2n) is 6.50. The summed E-state index contributed by atoms with van der Waals surface area (Å²) in [5, 5.41) is 19.8. The van der Waals surface area contributed by atoms with Crippen molar-refractivity contribution in [2.45, 2.75) is 26.2 Å². The lowest BCUT2D eigenvalue weighted by Gasteiger charge is -2.19. The fourth-order valence-corrected chi connectivity index (χ4v) is 2.17. The molecular weight excluding hydrogens is 298 g/mol. The van der Waals surface area contributed by atoms with Crippen molar-refractivity contribution in [2.24, 2.45) is 10.8 Å². The molecule has 0 fully saturated rings. The van der Waals surface area contributed by atoms with Gasteiger partial charge < -0.3 is 5.73 Å². The minimum absolute atomic E-state index is 0.138. The Kier molecular flexibility index (Phi) is 5.00. The number of hydrogen-bond donors (Lipinski definition) is 3. The third-order valence-corrected chi connectivity index (χ3v) is 3.63. The third-order valence-electron chi connectivity index (χ3n) is 3.63. The van der Waals surface area contributed by atoms with Crippen LogP contribution in [0.25, 0.3) is 11.1 Å². The van der Waals surface area contributed by atoms with Crippen LogP contribution in [0, 0.1) is 16.7 Å². The number of nitrogens with two attached hydrogens (primary N) is 1. The van der Waals surface area contributed by atoms with E-state index in [0.29, 0.717) is 0 Å². The van der Waals surface area contributed by atoms with E-state index in [4.69, 9.17) is 16.4 Å². The molecule has 5 nitrogen and oxygen atoms in total. The lowest BCUT2D eigenvalue weighted by atomic mass is 9.86. The molecule has 2 aromatic carbocycles. The van der Waals surface area contributed by atoms with Crippen molar-refractivity contribution < 1.29 is 0 Å². The minimum Gasteiger partial charge on any atom is -0.382 e. The highest BCUT2D eigenvalue weighted by atomic mass is 15.3. The second-order valence-corrected chi connectivity index (χ2v) is 6.50. The van der Waals surface area contributed by atoms with Crippen molar-refractivity contribution in [3.8, 4) is 17.2 Å². The van der Waals surface area contributed by atoms with Gasteiger partial charge in [-0.3, -0.25) is 10.8 Å². The maximum atomic E-state index is 8.81. The van der Waals surface area contributed by atoms with E-state index in [1.165, 1.54) is 5.56 Å². The zero-order valence-corrected chi connectivity index (χ0v) is 14.1. The Morgan fingerprint density at radius 3 is 1.96 bits per heavy atom. The molecule has 0 saturated heterocycles. The molecule has 0 atom stereocenters. The zero-order valence-electron chi connectivity index (χ0n) is 14.1. The highest BCUT2D eigenvalue weighted by Crippen LogP contribution is 2.26. The number of hydrazone groups is 1. The molecule has 0 aromatic heterocycles. The summed E-state index contributed by atoms with van der Waals surface area (Å²) in [6, 6.07) is 18.0. The van der Waals surface area contributed by atoms with Gasteiger partial charge in [0.1, 0.15) is 6.07 Å². The summed E-state index contributed by atoms with van der Waals surface area (Å²) < 4.78 is 0. The summed E-state index contributed by atoms with van der Waals surface area (Å²) >= 11 is 0. The maximum absolute atomic E-state index is 8.81. The maximum Gasteiger partial charge on any atom is 0.201 e. The number of anilines is 1. The molecule has 2 aromatic rings. The van der Waals surface area contributed by atoms with Crippen molar-refractivity contribution in [1.29, 1.82) is 10.7 Å². The Balaban J connectivity index is 2.15. The summed E-state index contributed by atoms with van der Waals surface area (Å²) in [5.74, 6) is -0.361. The molecule has 5 heteroatoms. The van der Waals surface area contributed by atoms with Crippen LogP contribution in [0.15, 0.2) is 53.6 Å². The van der Waals surface area contributed by atoms with Gasteiger partial charge in [0.2, 0.25) is 5.71 Å². The number of benzene rings is 2. The molecule has 0 aliphatic heterocycles. The highest BCUT2D eigenvalue weighted by Gasteiger charge is 2.13. The molecule has 0 saturated carbocycles. The van der Waals surface area contributed by atoms with Gasteiger partial charge in [-0.25, -0.2) is 0 Å². The minimum atomic E-state index is -0.361. The SMILES string of the molecule is CC(C)(C)c1ccc(-c2ccc(N/N=C(\C#N)C(=N)N)cc2)cc1. The summed E-state index contributed by atoms with van der Waals surface area (Å²) in [4.78, 5) is 0. The van der Waals surface area contributed by atoms with Gasteiger partial charge >= 0.3 is 0 Å². The second kappa shape index (κ2) is 6.97. The van der Waals surface area contributed by atoms with E-state index >= 15 is 0 Å². The van der Waals surface area contributed by atoms with Crippen LogP contribution in [-0.2, 0) is 5.41 Å². The molecule has 4 N–H and O–H groups in total. The van der Waals surface area contributed by atoms with Gasteiger partial charge in [-0.2, -0.15) is 10.4 Å². The van der Waals surface area contributed by atoms with E-state index in [-0.39, 0.29) is 17.0 Å². The van der Waals surface area contributed by atoms with Gasteiger partial charge in [0, 0.05) is 0 Å². The Bertz CT molecular complexity index is 788. The third kappa shape index (κ3) is 4.20. The molecule has 0 aliphatic rings. The number of nitriles is 1. The number of nitrogens with one attached hydrogen (secondary N) is 2. The Morgan fingerprint density at radius 2 is 1.54 bits per heavy atom. The predicted octanol–water partition coefficient (Wildman–Crippen LogP) is 3.88. The van der Waals surface area contributed by atoms with Crippen LogP contribution in [0.3, 0.4) is 0 Å². The molecule has 122 valence electrons. The number of rotatable bonds is 4. The van der Waals surface area contributed by atoms with Crippen LogP contribution in [0.1, 0.15) is 26.3 Å². The van der Waals surface area contributed by atoms with E-state index in [1.54, 1.807) is 6.07 Å². The van der Waals surface area contributed by atoms with Crippen LogP contribution < -0.4 is 11.2 Å². The number of hydrogen-bond acceptors (Lipinski definition) is 4. The first-order chi connectivity index (χ1) is 11.3. The molecule has 0 amide bonds. The van der Waals surface area contributed by atoms with Crippen LogP contribution in [0.2, 0.25) is 0 Å². The monoisotopic (exact) mass is 319 g/mol. The molecule has 0 spiro atoms. The van der Waals surface area contributed by atoms with E-state index < -0.39 is 0 Å². The van der Waals surface area contributed by atoms with Crippen molar-refractivity contribution in [3.63, 3.8) is 0 Å². The standard InChI is InChI=1S/C19H21N5/c1-19(2,3)15-8-4-13(5-9-15)14-6-10-16(11-7-14)23-24-17(12-20)18(21)22/h4-11,23H,1-3H3,(H3,21,22)/b24-17+. The quantitative estimate of drug-likeness (QED) is 0.453. The molecule has 0 heterocycles. The van der Waals surface area contributed by atoms with Gasteiger partial charge in [-0.05, 0) is 34.2 Å². The first kappa shape index (κ1) is 17.2. The lowest BCUT2D eigenvalue weighted by Crippen LogP contribution is -2.21. The van der Waals surface area contributed by atoms with Gasteiger partial charge in [0.15, 0.2) is 5.84 Å². The zero-order chi connectivity index (χ0) is 17.7. The molecule has 24 heavy (non-hydrogen) atoms. The molecular formula is C19H21N5. The normalized spacial score (nSPS) is 11.7. The summed E-state index contributed by atoms with van der Waals surface area (Å²) in [7, 11) is 0. The topological polar surface area (TPSA) is 98.0 Å². The fourth-order valence-electron chi connectivity index (χ4n) is 2.17. The largest absolute Gasteiger partial charge is 0.382 e. The van der Waals surface area contributed by atoms with Gasteiger partial charge in [-0.15, -0.1) is 0 Å². The highest BCUT2D eigenvalue weighted by molar-refractivity contribution is 6.45. The predicted molar refractivity (Wildman–Crippen MR) is 99.2 cm³/mol. The molecule has 0 bridgehead atoms. The van der Waals surface area contributed by atoms with Crippen molar-refractivity contribution in [2.75, 3.05) is 5.43 Å². The smallest absolute Gasteiger partial charge is 0.201 e. The van der Waals surface area contributed by atoms with Crippen LogP contribution in [-0.4, -0.2) is 11.5 Å². The number of amidine groups is 1. The molecule has 0 unspecified atom stereocenters. The average molecular weight is 319 g/mol. The number of nitrogens with zero attached hydrogens (tertiary/aromatic N) is 2. The van der Waals surface area contributed by atoms with Gasteiger partial charge in [0.05, 0.1) is 5.69 Å². The Labute approximate surface area is 142 Å². The molecule has 2 rings (SSSR count). The summed E-state index contributed by atoms with van der Waals surface area (Å²) in [6.07, 6.45) is 0. The fraction of sp³-hybridized carbons (Fsp3) is 0.211. The molecule has 0 radical (unpaired) electrons. The Morgan fingerprint density at radius 1 is 1.04 bits per heavy atom.